The highest BCUT2D eigenvalue weighted by atomic mass is 32.1. The molecule has 1 amide bonds. The minimum absolute atomic E-state index is 0.128. The van der Waals surface area contributed by atoms with Crippen LogP contribution in [0, 0.1) is 6.92 Å². The predicted molar refractivity (Wildman–Crippen MR) is 90.0 cm³/mol. The lowest BCUT2D eigenvalue weighted by Crippen LogP contribution is -2.54. The zero-order chi connectivity index (χ0) is 15.8. The molecular formula is C17H20N4OS. The van der Waals surface area contributed by atoms with Gasteiger partial charge in [0.1, 0.15) is 6.04 Å². The van der Waals surface area contributed by atoms with Crippen LogP contribution in [0.2, 0.25) is 0 Å². The first-order valence-electron chi connectivity index (χ1n) is 7.97. The van der Waals surface area contributed by atoms with Gasteiger partial charge in [-0.05, 0) is 37.1 Å². The number of carbonyl (C=O) groups excluding carboxylic acids is 1. The van der Waals surface area contributed by atoms with Crippen molar-refractivity contribution in [2.24, 2.45) is 0 Å². The van der Waals surface area contributed by atoms with E-state index in [1.54, 1.807) is 17.5 Å². The Kier molecular flexibility index (Phi) is 3.88. The SMILES string of the molecule is Cc1ccc(C2CC(C(=O)N3CC(c4cccnc4)C3)NN2)s1. The largest absolute Gasteiger partial charge is 0.340 e. The van der Waals surface area contributed by atoms with Crippen LogP contribution >= 0.6 is 11.3 Å². The molecule has 2 aromatic rings. The highest BCUT2D eigenvalue weighted by Gasteiger charge is 2.38. The number of carbonyl (C=O) groups is 1. The Labute approximate surface area is 139 Å². The summed E-state index contributed by atoms with van der Waals surface area (Å²) in [7, 11) is 0. The first kappa shape index (κ1) is 14.8. The highest BCUT2D eigenvalue weighted by molar-refractivity contribution is 7.12. The van der Waals surface area contributed by atoms with Gasteiger partial charge in [0.2, 0.25) is 5.91 Å². The Morgan fingerprint density at radius 1 is 1.30 bits per heavy atom. The van der Waals surface area contributed by atoms with E-state index in [0.717, 1.165) is 19.5 Å². The van der Waals surface area contributed by atoms with Gasteiger partial charge in [-0.3, -0.25) is 9.78 Å². The van der Waals surface area contributed by atoms with Gasteiger partial charge >= 0.3 is 0 Å². The normalized spacial score (nSPS) is 24.7. The van der Waals surface area contributed by atoms with Gasteiger partial charge in [0.05, 0.1) is 6.04 Å². The van der Waals surface area contributed by atoms with Crippen LogP contribution in [0.5, 0.6) is 0 Å². The van der Waals surface area contributed by atoms with Crippen LogP contribution in [0.1, 0.15) is 33.7 Å². The van der Waals surface area contributed by atoms with E-state index in [9.17, 15) is 4.79 Å². The minimum Gasteiger partial charge on any atom is -0.340 e. The van der Waals surface area contributed by atoms with E-state index in [4.69, 9.17) is 0 Å². The Bertz CT molecular complexity index is 696. The molecule has 0 saturated carbocycles. The fourth-order valence-corrected chi connectivity index (χ4v) is 4.19. The average molecular weight is 328 g/mol. The van der Waals surface area contributed by atoms with Crippen molar-refractivity contribution in [2.75, 3.05) is 13.1 Å². The van der Waals surface area contributed by atoms with Crippen molar-refractivity contribution in [2.45, 2.75) is 31.3 Å². The molecule has 0 aliphatic carbocycles. The number of thiophene rings is 1. The number of likely N-dealkylation sites (tertiary alicyclic amines) is 1. The summed E-state index contributed by atoms with van der Waals surface area (Å²) >= 11 is 1.79. The summed E-state index contributed by atoms with van der Waals surface area (Å²) in [5.74, 6) is 0.631. The molecule has 5 nitrogen and oxygen atoms in total. The van der Waals surface area contributed by atoms with E-state index in [0.29, 0.717) is 5.92 Å². The molecule has 120 valence electrons. The molecule has 2 aliphatic rings. The van der Waals surface area contributed by atoms with E-state index in [1.165, 1.54) is 15.3 Å². The molecule has 2 aliphatic heterocycles. The molecule has 0 aromatic carbocycles. The predicted octanol–water partition coefficient (Wildman–Crippen LogP) is 1.99. The number of hydrazine groups is 1. The van der Waals surface area contributed by atoms with Crippen molar-refractivity contribution in [3.8, 4) is 0 Å². The van der Waals surface area contributed by atoms with Gasteiger partial charge in [0.15, 0.2) is 0 Å². The van der Waals surface area contributed by atoms with Crippen LogP contribution in [-0.4, -0.2) is 34.9 Å². The maximum atomic E-state index is 12.6. The van der Waals surface area contributed by atoms with Gasteiger partial charge in [-0.1, -0.05) is 6.07 Å². The number of aromatic nitrogens is 1. The molecule has 4 heterocycles. The molecule has 23 heavy (non-hydrogen) atoms. The number of rotatable bonds is 3. The number of nitrogens with zero attached hydrogens (tertiary/aromatic N) is 2. The molecule has 0 spiro atoms. The first-order valence-corrected chi connectivity index (χ1v) is 8.78. The second kappa shape index (κ2) is 6.03. The summed E-state index contributed by atoms with van der Waals surface area (Å²) < 4.78 is 0. The number of hydrogen-bond donors (Lipinski definition) is 2. The quantitative estimate of drug-likeness (QED) is 0.905. The van der Waals surface area contributed by atoms with E-state index in [1.807, 2.05) is 17.2 Å². The Morgan fingerprint density at radius 3 is 2.87 bits per heavy atom. The minimum atomic E-state index is -0.128. The molecule has 0 radical (unpaired) electrons. The topological polar surface area (TPSA) is 57.3 Å². The standard InChI is InChI=1S/C17H20N4OS/c1-11-4-5-16(23-11)14-7-15(20-19-14)17(22)21-9-13(10-21)12-3-2-6-18-8-12/h2-6,8,13-15,19-20H,7,9-10H2,1H3. The lowest BCUT2D eigenvalue weighted by Gasteiger charge is -2.40. The summed E-state index contributed by atoms with van der Waals surface area (Å²) in [4.78, 5) is 21.3. The average Bonchev–Trinajstić information content (AvgIpc) is 3.15. The molecule has 4 rings (SSSR count). The summed E-state index contributed by atoms with van der Waals surface area (Å²) in [6, 6.07) is 8.43. The van der Waals surface area contributed by atoms with Gasteiger partial charge < -0.3 is 4.90 Å². The number of aryl methyl sites for hydroxylation is 1. The maximum absolute atomic E-state index is 12.6. The van der Waals surface area contributed by atoms with E-state index < -0.39 is 0 Å². The Morgan fingerprint density at radius 2 is 2.17 bits per heavy atom. The van der Waals surface area contributed by atoms with Gasteiger partial charge in [0.25, 0.3) is 0 Å². The maximum Gasteiger partial charge on any atom is 0.241 e. The van der Waals surface area contributed by atoms with E-state index in [-0.39, 0.29) is 18.0 Å². The number of amides is 1. The second-order valence-corrected chi connectivity index (χ2v) is 7.62. The van der Waals surface area contributed by atoms with Gasteiger partial charge in [-0.25, -0.2) is 10.9 Å². The molecule has 2 aromatic heterocycles. The van der Waals surface area contributed by atoms with E-state index >= 15 is 0 Å². The van der Waals surface area contributed by atoms with Crippen LogP contribution in [0.4, 0.5) is 0 Å². The van der Waals surface area contributed by atoms with Crippen LogP contribution in [-0.2, 0) is 4.79 Å². The van der Waals surface area contributed by atoms with Crippen LogP contribution < -0.4 is 10.9 Å². The van der Waals surface area contributed by atoms with Crippen molar-refractivity contribution in [1.29, 1.82) is 0 Å². The fraction of sp³-hybridized carbons (Fsp3) is 0.412. The molecular weight excluding hydrogens is 308 g/mol. The molecule has 2 saturated heterocycles. The van der Waals surface area contributed by atoms with Gasteiger partial charge in [-0.2, -0.15) is 0 Å². The number of hydrogen-bond acceptors (Lipinski definition) is 5. The lowest BCUT2D eigenvalue weighted by atomic mass is 9.91. The molecule has 6 heteroatoms. The van der Waals surface area contributed by atoms with Crippen LogP contribution in [0.3, 0.4) is 0 Å². The summed E-state index contributed by atoms with van der Waals surface area (Å²) in [5, 5.41) is 0. The number of nitrogens with one attached hydrogen (secondary N) is 2. The van der Waals surface area contributed by atoms with Crippen LogP contribution in [0.25, 0.3) is 0 Å². The lowest BCUT2D eigenvalue weighted by molar-refractivity contribution is -0.137. The molecule has 2 N–H and O–H groups in total. The zero-order valence-corrected chi connectivity index (χ0v) is 13.8. The van der Waals surface area contributed by atoms with E-state index in [2.05, 4.69) is 41.0 Å². The molecule has 0 bridgehead atoms. The summed E-state index contributed by atoms with van der Waals surface area (Å²) in [6.45, 7) is 3.70. The molecule has 2 unspecified atom stereocenters. The van der Waals surface area contributed by atoms with Crippen LogP contribution in [0.15, 0.2) is 36.7 Å². The third-order valence-electron chi connectivity index (χ3n) is 4.65. The first-order chi connectivity index (χ1) is 11.2. The van der Waals surface area contributed by atoms with Gasteiger partial charge in [0, 0.05) is 41.2 Å². The zero-order valence-electron chi connectivity index (χ0n) is 13.0. The third-order valence-corrected chi connectivity index (χ3v) is 5.77. The van der Waals surface area contributed by atoms with Crippen molar-refractivity contribution in [1.82, 2.24) is 20.7 Å². The van der Waals surface area contributed by atoms with Crippen molar-refractivity contribution < 1.29 is 4.79 Å². The number of pyridine rings is 1. The molecule has 2 atom stereocenters. The summed E-state index contributed by atoms with van der Waals surface area (Å²) in [5.41, 5.74) is 7.66. The fourth-order valence-electron chi connectivity index (χ4n) is 3.25. The van der Waals surface area contributed by atoms with Crippen molar-refractivity contribution >= 4 is 17.2 Å². The van der Waals surface area contributed by atoms with Gasteiger partial charge in [-0.15, -0.1) is 11.3 Å². The van der Waals surface area contributed by atoms with Crippen molar-refractivity contribution in [3.05, 3.63) is 52.0 Å². The molecule has 2 fully saturated rings. The second-order valence-electron chi connectivity index (χ2n) is 6.30. The highest BCUT2D eigenvalue weighted by Crippen LogP contribution is 2.31. The van der Waals surface area contributed by atoms with Crippen molar-refractivity contribution in [3.63, 3.8) is 0 Å². The monoisotopic (exact) mass is 328 g/mol. The third kappa shape index (κ3) is 2.89. The summed E-state index contributed by atoms with van der Waals surface area (Å²) in [6.07, 6.45) is 4.50. The Balaban J connectivity index is 1.33. The smallest absolute Gasteiger partial charge is 0.241 e. The Hall–Kier alpha value is -1.76.